The lowest BCUT2D eigenvalue weighted by molar-refractivity contribution is -0.133. The zero-order valence-electron chi connectivity index (χ0n) is 34.0. The van der Waals surface area contributed by atoms with E-state index in [-0.39, 0.29) is 53.7 Å². The van der Waals surface area contributed by atoms with Gasteiger partial charge in [-0.1, -0.05) is 25.4 Å². The van der Waals surface area contributed by atoms with E-state index in [0.717, 1.165) is 30.1 Å². The number of nitrogens with zero attached hydrogens (tertiary/aromatic N) is 6. The Morgan fingerprint density at radius 3 is 2.34 bits per heavy atom. The summed E-state index contributed by atoms with van der Waals surface area (Å²) < 4.78 is 6.41. The number of imide groups is 1. The molecule has 0 radical (unpaired) electrons. The van der Waals surface area contributed by atoms with Gasteiger partial charge in [-0.05, 0) is 112 Å². The first-order chi connectivity index (χ1) is 28.0. The third-order valence-electron chi connectivity index (χ3n) is 11.0. The number of carbonyl (C=O) groups excluding carboxylic acids is 4. The second-order valence-corrected chi connectivity index (χ2v) is 16.8. The predicted molar refractivity (Wildman–Crippen MR) is 230 cm³/mol. The third kappa shape index (κ3) is 9.34. The summed E-state index contributed by atoms with van der Waals surface area (Å²) in [6.45, 7) is 14.8. The summed E-state index contributed by atoms with van der Waals surface area (Å²) in [5.74, 6) is -0.310. The average Bonchev–Trinajstić information content (AvgIpc) is 3.35. The van der Waals surface area contributed by atoms with Crippen molar-refractivity contribution in [1.82, 2.24) is 15.1 Å². The van der Waals surface area contributed by atoms with E-state index in [9.17, 15) is 29.7 Å². The van der Waals surface area contributed by atoms with E-state index in [1.165, 1.54) is 4.90 Å². The Balaban J connectivity index is 1.05. The molecule has 3 aliphatic heterocycles. The monoisotopic (exact) mass is 837 g/mol. The maximum Gasteiger partial charge on any atom is 0.259 e. The van der Waals surface area contributed by atoms with Crippen molar-refractivity contribution in [2.45, 2.75) is 84.0 Å². The summed E-state index contributed by atoms with van der Waals surface area (Å²) in [5.41, 5.74) is 2.81. The van der Waals surface area contributed by atoms with Crippen LogP contribution in [0.3, 0.4) is 0 Å². The molecule has 0 spiro atoms. The number of halogens is 1. The van der Waals surface area contributed by atoms with Crippen LogP contribution in [0.5, 0.6) is 5.75 Å². The van der Waals surface area contributed by atoms with Crippen LogP contribution in [0.4, 0.5) is 22.7 Å². The second-order valence-electron chi connectivity index (χ2n) is 16.1. The van der Waals surface area contributed by atoms with Crippen LogP contribution in [0.2, 0.25) is 5.02 Å². The molecule has 0 saturated carbocycles. The van der Waals surface area contributed by atoms with Gasteiger partial charge in [-0.2, -0.15) is 10.5 Å². The fraction of sp³-hybridized carbons (Fsp3) is 0.419. The number of ether oxygens (including phenoxy) is 1. The number of piperazine rings is 1. The molecule has 3 fully saturated rings. The summed E-state index contributed by atoms with van der Waals surface area (Å²) >= 11 is 12.2. The SMILES string of the molecule is CC(C)c1cc(N2C(=S)N(c3ccc(C#N)c(Cl)c3)C(=O)C2(C)C)ccc1OCCN1C[C@@H](C)N(CC(=O)Nc2cc(C#N)cc(NC3CCC(=O)NC3=O)c2)[C@@H](C)C1. The highest BCUT2D eigenvalue weighted by molar-refractivity contribution is 7.81. The van der Waals surface area contributed by atoms with Crippen LogP contribution in [0.25, 0.3) is 0 Å². The zero-order chi connectivity index (χ0) is 42.8. The van der Waals surface area contributed by atoms with E-state index in [1.807, 2.05) is 43.0 Å². The van der Waals surface area contributed by atoms with Crippen molar-refractivity contribution < 1.29 is 23.9 Å². The summed E-state index contributed by atoms with van der Waals surface area (Å²) in [6.07, 6.45) is 0.549. The molecule has 59 heavy (non-hydrogen) atoms. The summed E-state index contributed by atoms with van der Waals surface area (Å²) in [7, 11) is 0. The number of carbonyl (C=O) groups is 4. The van der Waals surface area contributed by atoms with Crippen molar-refractivity contribution in [1.29, 1.82) is 10.5 Å². The second kappa shape index (κ2) is 17.7. The van der Waals surface area contributed by atoms with Gasteiger partial charge in [0.15, 0.2) is 5.11 Å². The van der Waals surface area contributed by atoms with Crippen molar-refractivity contribution in [2.75, 3.05) is 53.2 Å². The van der Waals surface area contributed by atoms with Crippen molar-refractivity contribution >= 4 is 75.3 Å². The minimum absolute atomic E-state index is 0.0699. The maximum atomic E-state index is 13.8. The van der Waals surface area contributed by atoms with E-state index >= 15 is 0 Å². The number of rotatable bonds is 12. The molecule has 308 valence electrons. The Morgan fingerprint density at radius 1 is 1.00 bits per heavy atom. The Bertz CT molecular complexity index is 2260. The van der Waals surface area contributed by atoms with Gasteiger partial charge >= 0.3 is 0 Å². The molecule has 16 heteroatoms. The van der Waals surface area contributed by atoms with Gasteiger partial charge in [0.1, 0.15) is 30.0 Å². The molecular formula is C43H48ClN9O5S. The van der Waals surface area contributed by atoms with Crippen LogP contribution < -0.4 is 30.5 Å². The van der Waals surface area contributed by atoms with E-state index in [0.29, 0.717) is 52.9 Å². The van der Waals surface area contributed by atoms with Gasteiger partial charge < -0.3 is 20.3 Å². The Hall–Kier alpha value is -5.58. The van der Waals surface area contributed by atoms with Crippen LogP contribution in [0.1, 0.15) is 77.0 Å². The number of nitriles is 2. The minimum Gasteiger partial charge on any atom is -0.492 e. The lowest BCUT2D eigenvalue weighted by atomic mass is 9.98. The van der Waals surface area contributed by atoms with E-state index in [4.69, 9.17) is 28.6 Å². The van der Waals surface area contributed by atoms with Crippen LogP contribution in [0, 0.1) is 22.7 Å². The number of piperidine rings is 1. The maximum absolute atomic E-state index is 13.8. The highest BCUT2D eigenvalue weighted by Gasteiger charge is 2.50. The van der Waals surface area contributed by atoms with Crippen LogP contribution in [0.15, 0.2) is 54.6 Å². The molecule has 0 aliphatic carbocycles. The summed E-state index contributed by atoms with van der Waals surface area (Å²) in [4.78, 5) is 58.7. The lowest BCUT2D eigenvalue weighted by Gasteiger charge is -2.44. The van der Waals surface area contributed by atoms with Crippen LogP contribution >= 0.6 is 23.8 Å². The first-order valence-corrected chi connectivity index (χ1v) is 20.4. The van der Waals surface area contributed by atoms with E-state index < -0.39 is 17.5 Å². The van der Waals surface area contributed by atoms with Gasteiger partial charge in [0.2, 0.25) is 17.7 Å². The summed E-state index contributed by atoms with van der Waals surface area (Å²) in [5, 5.41) is 27.8. The normalized spacial score (nSPS) is 20.9. The number of hydrogen-bond donors (Lipinski definition) is 3. The van der Waals surface area contributed by atoms with Crippen molar-refractivity contribution in [3.05, 3.63) is 76.3 Å². The first kappa shape index (κ1) is 43.0. The first-order valence-electron chi connectivity index (χ1n) is 19.6. The molecule has 3 saturated heterocycles. The molecule has 0 bridgehead atoms. The van der Waals surface area contributed by atoms with Crippen molar-refractivity contribution in [2.24, 2.45) is 0 Å². The number of nitrogens with one attached hydrogen (secondary N) is 3. The van der Waals surface area contributed by atoms with Crippen molar-refractivity contribution in [3.63, 3.8) is 0 Å². The molecule has 3 aromatic carbocycles. The highest BCUT2D eigenvalue weighted by atomic mass is 35.5. The van der Waals surface area contributed by atoms with E-state index in [2.05, 4.69) is 59.5 Å². The molecule has 3 aliphatic rings. The third-order valence-corrected chi connectivity index (χ3v) is 11.6. The standard InChI is InChI=1S/C43H48ClN9O5S/c1-25(2)34-18-33(53-42(59)52(41(57)43(53,5)6)32-8-7-29(21-46)35(44)19-32)9-11-37(34)58-14-13-50-22-26(3)51(27(4)23-50)24-39(55)48-31-16-28(20-45)15-30(17-31)47-36-10-12-38(54)49-40(36)56/h7-9,11,15-19,25-27,36,47H,10,12-14,22-24H2,1-6H3,(H,48,55)(H,49,54,56)/t26-,27+,36?. The number of hydrogen-bond acceptors (Lipinski definition) is 11. The fourth-order valence-electron chi connectivity index (χ4n) is 7.94. The van der Waals surface area contributed by atoms with E-state index in [1.54, 1.807) is 36.4 Å². The molecule has 3 heterocycles. The van der Waals surface area contributed by atoms with Crippen LogP contribution in [-0.2, 0) is 19.2 Å². The quantitative estimate of drug-likeness (QED) is 0.149. The molecule has 3 atom stereocenters. The molecule has 4 amide bonds. The Labute approximate surface area is 355 Å². The predicted octanol–water partition coefficient (Wildman–Crippen LogP) is 5.75. The largest absolute Gasteiger partial charge is 0.492 e. The summed E-state index contributed by atoms with van der Waals surface area (Å²) in [6, 6.07) is 19.2. The Morgan fingerprint density at radius 2 is 1.69 bits per heavy atom. The van der Waals surface area contributed by atoms with Gasteiger partial charge in [-0.15, -0.1) is 0 Å². The molecule has 3 N–H and O–H groups in total. The highest BCUT2D eigenvalue weighted by Crippen LogP contribution is 2.40. The number of amides is 4. The molecule has 0 aromatic heterocycles. The minimum atomic E-state index is -0.993. The number of anilines is 4. The molecule has 14 nitrogen and oxygen atoms in total. The van der Waals surface area contributed by atoms with Gasteiger partial charge in [-0.25, -0.2) is 0 Å². The number of benzene rings is 3. The smallest absolute Gasteiger partial charge is 0.259 e. The lowest BCUT2D eigenvalue weighted by Crippen LogP contribution is -2.58. The van der Waals surface area contributed by atoms with Crippen LogP contribution in [-0.4, -0.2) is 95.0 Å². The van der Waals surface area contributed by atoms with Crippen molar-refractivity contribution in [3.8, 4) is 17.9 Å². The molecule has 3 aromatic rings. The topological polar surface area (TPSA) is 174 Å². The molecule has 6 rings (SSSR count). The average molecular weight is 838 g/mol. The number of thiocarbonyl (C=S) groups is 1. The van der Waals surface area contributed by atoms with Gasteiger partial charge in [-0.3, -0.25) is 39.2 Å². The zero-order valence-corrected chi connectivity index (χ0v) is 35.5. The van der Waals surface area contributed by atoms with Gasteiger partial charge in [0.25, 0.3) is 5.91 Å². The molecule has 1 unspecified atom stereocenters. The fourth-order valence-corrected chi connectivity index (χ4v) is 8.68. The van der Waals surface area contributed by atoms with Gasteiger partial charge in [0.05, 0.1) is 34.5 Å². The molecular weight excluding hydrogens is 790 g/mol. The Kier molecular flexibility index (Phi) is 12.9. The van der Waals surface area contributed by atoms with Gasteiger partial charge in [0, 0.05) is 55.2 Å².